The molecule has 0 aliphatic heterocycles. The molecule has 2 atom stereocenters. The van der Waals surface area contributed by atoms with Crippen molar-refractivity contribution in [3.05, 3.63) is 35.4 Å². The zero-order chi connectivity index (χ0) is 13.5. The molecule has 0 aromatic heterocycles. The van der Waals surface area contributed by atoms with E-state index in [9.17, 15) is 9.00 Å². The van der Waals surface area contributed by atoms with Gasteiger partial charge in [0, 0.05) is 41.0 Å². The number of rotatable bonds is 6. The number of hydrogen-bond acceptors (Lipinski definition) is 3. The van der Waals surface area contributed by atoms with Crippen molar-refractivity contribution in [1.29, 1.82) is 0 Å². The van der Waals surface area contributed by atoms with Crippen LogP contribution in [0, 0.1) is 0 Å². The van der Waals surface area contributed by atoms with Gasteiger partial charge in [-0.25, -0.2) is 0 Å². The summed E-state index contributed by atoms with van der Waals surface area (Å²) < 4.78 is 11.1. The fourth-order valence-corrected chi connectivity index (χ4v) is 1.90. The minimum absolute atomic E-state index is 0.102. The third-order valence-electron chi connectivity index (χ3n) is 2.85. The van der Waals surface area contributed by atoms with E-state index in [1.54, 1.807) is 18.4 Å². The molecule has 1 amide bonds. The second-order valence-corrected chi connectivity index (χ2v) is 6.06. The first kappa shape index (κ1) is 14.9. The van der Waals surface area contributed by atoms with Gasteiger partial charge in [0.2, 0.25) is 0 Å². The summed E-state index contributed by atoms with van der Waals surface area (Å²) in [5, 5.41) is 2.92. The number of benzene rings is 1. The number of amides is 1. The standard InChI is InChI=1S/C13H20N2O2S/c1-10(18(2)17)7-8-15-13(16)12-5-3-11(9-14)4-6-12/h3-6,10H,7-9,14H2,1-2H3,(H,15,16). The first-order chi connectivity index (χ1) is 8.54. The Hall–Kier alpha value is -1.20. The van der Waals surface area contributed by atoms with Crippen LogP contribution in [0.2, 0.25) is 0 Å². The SMILES string of the molecule is CC(CCNC(=O)c1ccc(CN)cc1)S(C)=O. The van der Waals surface area contributed by atoms with Gasteiger partial charge < -0.3 is 11.1 Å². The number of nitrogens with two attached hydrogens (primary N) is 1. The van der Waals surface area contributed by atoms with Crippen molar-refractivity contribution in [2.75, 3.05) is 12.8 Å². The molecular weight excluding hydrogens is 248 g/mol. The van der Waals surface area contributed by atoms with Crippen molar-refractivity contribution >= 4 is 16.7 Å². The Morgan fingerprint density at radius 3 is 2.50 bits per heavy atom. The predicted octanol–water partition coefficient (Wildman–Crippen LogP) is 1.03. The van der Waals surface area contributed by atoms with E-state index in [4.69, 9.17) is 5.73 Å². The van der Waals surface area contributed by atoms with Crippen LogP contribution < -0.4 is 11.1 Å². The van der Waals surface area contributed by atoms with Crippen LogP contribution in [0.25, 0.3) is 0 Å². The van der Waals surface area contributed by atoms with Gasteiger partial charge in [-0.3, -0.25) is 9.00 Å². The Morgan fingerprint density at radius 1 is 1.39 bits per heavy atom. The molecule has 18 heavy (non-hydrogen) atoms. The molecule has 1 aromatic carbocycles. The van der Waals surface area contributed by atoms with Gasteiger partial charge in [0.05, 0.1) is 0 Å². The number of nitrogens with one attached hydrogen (secondary N) is 1. The quantitative estimate of drug-likeness (QED) is 0.809. The molecule has 0 radical (unpaired) electrons. The van der Waals surface area contributed by atoms with E-state index in [1.165, 1.54) is 0 Å². The van der Waals surface area contributed by atoms with Gasteiger partial charge in [-0.05, 0) is 24.1 Å². The van der Waals surface area contributed by atoms with Crippen LogP contribution in [-0.2, 0) is 17.3 Å². The van der Waals surface area contributed by atoms with Crippen LogP contribution in [0.3, 0.4) is 0 Å². The average Bonchev–Trinajstić information content (AvgIpc) is 2.38. The maximum atomic E-state index is 11.8. The van der Waals surface area contributed by atoms with Crippen LogP contribution in [0.5, 0.6) is 0 Å². The molecule has 1 aromatic rings. The van der Waals surface area contributed by atoms with Gasteiger partial charge in [-0.1, -0.05) is 19.1 Å². The lowest BCUT2D eigenvalue weighted by Crippen LogP contribution is -2.27. The van der Waals surface area contributed by atoms with Crippen molar-refractivity contribution in [3.63, 3.8) is 0 Å². The minimum Gasteiger partial charge on any atom is -0.352 e. The summed E-state index contributed by atoms with van der Waals surface area (Å²) in [4.78, 5) is 11.8. The first-order valence-corrected chi connectivity index (χ1v) is 7.56. The molecule has 2 unspecified atom stereocenters. The topological polar surface area (TPSA) is 72.2 Å². The van der Waals surface area contributed by atoms with Gasteiger partial charge in [-0.15, -0.1) is 0 Å². The van der Waals surface area contributed by atoms with E-state index in [-0.39, 0.29) is 11.2 Å². The van der Waals surface area contributed by atoms with Crippen molar-refractivity contribution in [2.45, 2.75) is 25.1 Å². The van der Waals surface area contributed by atoms with Gasteiger partial charge in [0.25, 0.3) is 5.91 Å². The summed E-state index contributed by atoms with van der Waals surface area (Å²) >= 11 is 0. The summed E-state index contributed by atoms with van der Waals surface area (Å²) in [6.45, 7) is 2.93. The minimum atomic E-state index is -0.839. The molecule has 0 spiro atoms. The average molecular weight is 268 g/mol. The van der Waals surface area contributed by atoms with E-state index in [0.29, 0.717) is 18.7 Å². The van der Waals surface area contributed by atoms with Crippen molar-refractivity contribution in [2.24, 2.45) is 5.73 Å². The Bertz CT molecular complexity index is 418. The molecule has 0 saturated heterocycles. The molecule has 0 saturated carbocycles. The maximum absolute atomic E-state index is 11.8. The Balaban J connectivity index is 2.42. The van der Waals surface area contributed by atoms with Crippen LogP contribution in [0.15, 0.2) is 24.3 Å². The fourth-order valence-electron chi connectivity index (χ4n) is 1.45. The highest BCUT2D eigenvalue weighted by atomic mass is 32.2. The number of carbonyl (C=O) groups excluding carboxylic acids is 1. The summed E-state index contributed by atoms with van der Waals surface area (Å²) in [6, 6.07) is 7.22. The monoisotopic (exact) mass is 268 g/mol. The van der Waals surface area contributed by atoms with Crippen molar-refractivity contribution in [3.8, 4) is 0 Å². The van der Waals surface area contributed by atoms with E-state index in [2.05, 4.69) is 5.32 Å². The van der Waals surface area contributed by atoms with Gasteiger partial charge in [0.1, 0.15) is 0 Å². The lowest BCUT2D eigenvalue weighted by molar-refractivity contribution is 0.0953. The van der Waals surface area contributed by atoms with E-state index in [0.717, 1.165) is 12.0 Å². The lowest BCUT2D eigenvalue weighted by Gasteiger charge is -2.09. The highest BCUT2D eigenvalue weighted by Crippen LogP contribution is 2.04. The molecule has 0 bridgehead atoms. The fraction of sp³-hybridized carbons (Fsp3) is 0.462. The third kappa shape index (κ3) is 4.58. The third-order valence-corrected chi connectivity index (χ3v) is 4.22. The summed E-state index contributed by atoms with van der Waals surface area (Å²) in [6.07, 6.45) is 2.40. The van der Waals surface area contributed by atoms with E-state index >= 15 is 0 Å². The Kier molecular flexibility index (Phi) is 6.01. The Labute approximate surface area is 110 Å². The second-order valence-electron chi connectivity index (χ2n) is 4.25. The molecule has 3 N–H and O–H groups in total. The van der Waals surface area contributed by atoms with Gasteiger partial charge >= 0.3 is 0 Å². The normalized spacial score (nSPS) is 13.9. The molecule has 0 aliphatic rings. The van der Waals surface area contributed by atoms with Crippen LogP contribution >= 0.6 is 0 Å². The maximum Gasteiger partial charge on any atom is 0.251 e. The molecular formula is C13H20N2O2S. The van der Waals surface area contributed by atoms with E-state index < -0.39 is 10.8 Å². The first-order valence-electron chi connectivity index (χ1n) is 5.94. The molecule has 100 valence electrons. The Morgan fingerprint density at radius 2 is 2.00 bits per heavy atom. The highest BCUT2D eigenvalue weighted by Gasteiger charge is 2.08. The predicted molar refractivity (Wildman–Crippen MR) is 74.8 cm³/mol. The summed E-state index contributed by atoms with van der Waals surface area (Å²) in [7, 11) is -0.839. The smallest absolute Gasteiger partial charge is 0.251 e. The number of hydrogen-bond donors (Lipinski definition) is 2. The molecule has 0 fully saturated rings. The second kappa shape index (κ2) is 7.28. The summed E-state index contributed by atoms with van der Waals surface area (Å²) in [5.41, 5.74) is 7.11. The summed E-state index contributed by atoms with van der Waals surface area (Å²) in [5.74, 6) is -0.104. The van der Waals surface area contributed by atoms with E-state index in [1.807, 2.05) is 19.1 Å². The zero-order valence-electron chi connectivity index (χ0n) is 10.8. The van der Waals surface area contributed by atoms with Crippen LogP contribution in [-0.4, -0.2) is 28.2 Å². The molecule has 0 aliphatic carbocycles. The largest absolute Gasteiger partial charge is 0.352 e. The van der Waals surface area contributed by atoms with Crippen molar-refractivity contribution < 1.29 is 9.00 Å². The molecule has 1 rings (SSSR count). The van der Waals surface area contributed by atoms with Gasteiger partial charge in [0.15, 0.2) is 0 Å². The van der Waals surface area contributed by atoms with Gasteiger partial charge in [-0.2, -0.15) is 0 Å². The zero-order valence-corrected chi connectivity index (χ0v) is 11.6. The lowest BCUT2D eigenvalue weighted by atomic mass is 10.1. The van der Waals surface area contributed by atoms with Crippen LogP contribution in [0.4, 0.5) is 0 Å². The van der Waals surface area contributed by atoms with Crippen LogP contribution in [0.1, 0.15) is 29.3 Å². The molecule has 4 nitrogen and oxygen atoms in total. The molecule has 5 heteroatoms. The number of carbonyl (C=O) groups is 1. The van der Waals surface area contributed by atoms with Crippen molar-refractivity contribution in [1.82, 2.24) is 5.32 Å². The highest BCUT2D eigenvalue weighted by molar-refractivity contribution is 7.84. The molecule has 0 heterocycles.